The highest BCUT2D eigenvalue weighted by atomic mass is 16.7. The number of nitrogens with one attached hydrogen (secondary N) is 1. The van der Waals surface area contributed by atoms with Crippen molar-refractivity contribution in [3.8, 4) is 23.0 Å². The van der Waals surface area contributed by atoms with Crippen molar-refractivity contribution in [1.82, 2.24) is 0 Å². The summed E-state index contributed by atoms with van der Waals surface area (Å²) in [5.74, 6) is -8.55. The largest absolute Gasteiger partial charge is 0.507 e. The van der Waals surface area contributed by atoms with Crippen molar-refractivity contribution in [3.63, 3.8) is 0 Å². The van der Waals surface area contributed by atoms with E-state index >= 15 is 0 Å². The fraction of sp³-hybridized carbons (Fsp3) is 0.565. The predicted molar refractivity (Wildman–Crippen MR) is 231 cm³/mol. The van der Waals surface area contributed by atoms with Crippen molar-refractivity contribution < 1.29 is 63.7 Å². The van der Waals surface area contributed by atoms with E-state index in [1.807, 2.05) is 0 Å². The second kappa shape index (κ2) is 21.1. The van der Waals surface area contributed by atoms with Crippen molar-refractivity contribution in [2.45, 2.75) is 131 Å². The fourth-order valence-corrected chi connectivity index (χ4v) is 7.96. The summed E-state index contributed by atoms with van der Waals surface area (Å²) in [5, 5.41) is 64.3. The number of ketones is 1. The van der Waals surface area contributed by atoms with Gasteiger partial charge in [0.15, 0.2) is 5.75 Å². The number of methoxy groups -OCH3 is 1. The maximum Gasteiger partial charge on any atom is 0.312 e. The third-order valence-electron chi connectivity index (χ3n) is 11.9. The van der Waals surface area contributed by atoms with Gasteiger partial charge >= 0.3 is 11.8 Å². The molecule has 336 valence electrons. The van der Waals surface area contributed by atoms with E-state index in [-0.39, 0.29) is 51.1 Å². The molecule has 6 N–H and O–H groups in total. The van der Waals surface area contributed by atoms with Crippen molar-refractivity contribution in [2.75, 3.05) is 19.0 Å². The molecule has 9 atom stereocenters. The molecule has 0 spiro atoms. The van der Waals surface area contributed by atoms with Gasteiger partial charge in [-0.25, -0.2) is 0 Å². The SMILES string of the molecule is CCCCCCCCON=Cc1c2c(O)c3c(O)c(C)c4c(c3c1O)C(=O)[C@@](C)(OC=C[C@H](OC)[C@@H](C)[C@@H](OC(C)=O)[C@H](C)[C@H](O)[C@H](C)[C@@H](O)[C@@H](C)/C=C/C=C(C)C(=O)N2)O4. The summed E-state index contributed by atoms with van der Waals surface area (Å²) in [7, 11) is 1.43. The molecule has 0 aromatic heterocycles. The molecule has 0 radical (unpaired) electrons. The number of rotatable bonds is 11. The number of ether oxygens (including phenoxy) is 4. The third-order valence-corrected chi connectivity index (χ3v) is 11.9. The Morgan fingerprint density at radius 2 is 1.59 bits per heavy atom. The molecular formula is C46H64N2O13. The number of oxime groups is 1. The molecule has 0 saturated carbocycles. The number of hydrogen-bond acceptors (Lipinski definition) is 14. The van der Waals surface area contributed by atoms with Gasteiger partial charge in [-0.2, -0.15) is 0 Å². The lowest BCUT2D eigenvalue weighted by atomic mass is 9.78. The van der Waals surface area contributed by atoms with Gasteiger partial charge in [0.2, 0.25) is 0 Å². The summed E-state index contributed by atoms with van der Waals surface area (Å²) in [6.07, 6.45) is 10.7. The molecule has 15 nitrogen and oxygen atoms in total. The van der Waals surface area contributed by atoms with Crippen LogP contribution in [0, 0.1) is 30.6 Å². The number of aliphatic hydroxyl groups excluding tert-OH is 2. The quantitative estimate of drug-likeness (QED) is 0.0323. The Labute approximate surface area is 358 Å². The summed E-state index contributed by atoms with van der Waals surface area (Å²) in [6, 6.07) is 0. The maximum atomic E-state index is 14.4. The molecule has 1 amide bonds. The van der Waals surface area contributed by atoms with Crippen LogP contribution in [0.15, 0.2) is 41.3 Å². The third kappa shape index (κ3) is 10.7. The highest BCUT2D eigenvalue weighted by Crippen LogP contribution is 2.55. The highest BCUT2D eigenvalue weighted by molar-refractivity contribution is 6.23. The Morgan fingerprint density at radius 3 is 2.25 bits per heavy atom. The lowest BCUT2D eigenvalue weighted by molar-refractivity contribution is -0.160. The van der Waals surface area contributed by atoms with Crippen LogP contribution in [-0.4, -0.2) is 93.3 Å². The van der Waals surface area contributed by atoms with Crippen LogP contribution >= 0.6 is 0 Å². The molecular weight excluding hydrogens is 789 g/mol. The highest BCUT2D eigenvalue weighted by Gasteiger charge is 2.50. The average Bonchev–Trinajstić information content (AvgIpc) is 3.49. The first-order chi connectivity index (χ1) is 28.8. The van der Waals surface area contributed by atoms with Crippen molar-refractivity contribution >= 4 is 40.3 Å². The van der Waals surface area contributed by atoms with Crippen LogP contribution in [0.25, 0.3) is 10.8 Å². The first-order valence-corrected chi connectivity index (χ1v) is 21.1. The van der Waals surface area contributed by atoms with E-state index in [9.17, 15) is 39.9 Å². The van der Waals surface area contributed by atoms with Gasteiger partial charge in [-0.05, 0) is 32.8 Å². The molecule has 3 aliphatic rings. The molecule has 5 bridgehead atoms. The van der Waals surface area contributed by atoms with Gasteiger partial charge < -0.3 is 54.6 Å². The molecule has 61 heavy (non-hydrogen) atoms. The van der Waals surface area contributed by atoms with Crippen molar-refractivity contribution in [3.05, 3.63) is 52.8 Å². The van der Waals surface area contributed by atoms with E-state index in [4.69, 9.17) is 23.8 Å². The van der Waals surface area contributed by atoms with Gasteiger partial charge in [0.25, 0.3) is 11.7 Å². The number of aliphatic hydroxyl groups is 2. The van der Waals surface area contributed by atoms with Crippen LogP contribution in [0.2, 0.25) is 0 Å². The maximum absolute atomic E-state index is 14.4. The molecule has 0 unspecified atom stereocenters. The molecule has 2 aromatic rings. The van der Waals surface area contributed by atoms with Crippen molar-refractivity contribution in [1.29, 1.82) is 0 Å². The molecule has 5 rings (SSSR count). The van der Waals surface area contributed by atoms with Gasteiger partial charge in [0, 0.05) is 61.2 Å². The zero-order chi connectivity index (χ0) is 45.3. The minimum atomic E-state index is -2.06. The average molecular weight is 853 g/mol. The number of phenols is 3. The summed E-state index contributed by atoms with van der Waals surface area (Å²) < 4.78 is 23.6. The summed E-state index contributed by atoms with van der Waals surface area (Å²) in [6.45, 7) is 14.9. The number of nitrogens with zero attached hydrogens (tertiary/aromatic N) is 1. The smallest absolute Gasteiger partial charge is 0.312 e. The molecule has 0 aliphatic carbocycles. The number of carbonyl (C=O) groups excluding carboxylic acids is 3. The van der Waals surface area contributed by atoms with Gasteiger partial charge in [0.05, 0.1) is 53.0 Å². The lowest BCUT2D eigenvalue weighted by Crippen LogP contribution is -2.46. The number of anilines is 1. The number of carbonyl (C=O) groups is 3. The molecule has 3 aliphatic heterocycles. The van der Waals surface area contributed by atoms with Crippen LogP contribution in [0.4, 0.5) is 5.69 Å². The number of esters is 1. The van der Waals surface area contributed by atoms with Crippen LogP contribution in [0.3, 0.4) is 0 Å². The first kappa shape index (κ1) is 48.5. The van der Waals surface area contributed by atoms with Gasteiger partial charge in [0.1, 0.15) is 30.0 Å². The number of fused-ring (bicyclic) bond motifs is 14. The zero-order valence-corrected chi connectivity index (χ0v) is 37.0. The number of hydrogen-bond donors (Lipinski definition) is 6. The van der Waals surface area contributed by atoms with Crippen LogP contribution in [-0.2, 0) is 28.6 Å². The topological polar surface area (TPSA) is 223 Å². The lowest BCUT2D eigenvalue weighted by Gasteiger charge is -2.38. The summed E-state index contributed by atoms with van der Waals surface area (Å²) in [4.78, 5) is 45.9. The van der Waals surface area contributed by atoms with E-state index in [0.717, 1.165) is 44.7 Å². The van der Waals surface area contributed by atoms with Gasteiger partial charge in [-0.15, -0.1) is 0 Å². The van der Waals surface area contributed by atoms with E-state index < -0.39 is 88.8 Å². The summed E-state index contributed by atoms with van der Waals surface area (Å²) >= 11 is 0. The Kier molecular flexibility index (Phi) is 16.8. The minimum absolute atomic E-state index is 0.0419. The normalized spacial score (nSPS) is 28.1. The Balaban J connectivity index is 1.90. The summed E-state index contributed by atoms with van der Waals surface area (Å²) in [5.41, 5.74) is -0.543. The monoisotopic (exact) mass is 852 g/mol. The molecule has 0 saturated heterocycles. The second-order valence-electron chi connectivity index (χ2n) is 16.5. The van der Waals surface area contributed by atoms with Gasteiger partial charge in [-0.3, -0.25) is 14.4 Å². The number of aromatic hydroxyl groups is 3. The number of benzene rings is 2. The number of amides is 1. The Morgan fingerprint density at radius 1 is 0.918 bits per heavy atom. The van der Waals surface area contributed by atoms with Crippen LogP contribution < -0.4 is 10.1 Å². The first-order valence-electron chi connectivity index (χ1n) is 21.1. The minimum Gasteiger partial charge on any atom is -0.507 e. The van der Waals surface area contributed by atoms with Crippen LogP contribution in [0.5, 0.6) is 23.0 Å². The van der Waals surface area contributed by atoms with Crippen LogP contribution in [0.1, 0.15) is 115 Å². The standard InChI is InChI=1S/C46H64N2O13/c1-11-12-13-14-15-16-21-59-47-23-31-36-41(54)34-33(40(31)53)35-43(29(7)39(34)52)61-46(9,44(35)55)58-22-20-32(57-10)26(4)42(60-30(8)49)28(6)38(51)27(5)37(50)24(2)18-17-19-25(3)45(56)48-36/h17-20,22-24,26-28,32,37-38,42,50-54H,11-16,21H2,1-10H3,(H,48,56)/b18-17+,22-20?,25-19?,47-23?/t24-,26+,27+,28+,32-,37-,38+,42+,46-/m0/s1. The Bertz CT molecular complexity index is 2040. The molecule has 3 heterocycles. The van der Waals surface area contributed by atoms with E-state index in [2.05, 4.69) is 17.4 Å². The predicted octanol–water partition coefficient (Wildman–Crippen LogP) is 7.47. The number of Topliss-reactive ketones (excluding diaryl/α,β-unsaturated/α-hetero) is 1. The Hall–Kier alpha value is -5.12. The fourth-order valence-electron chi connectivity index (χ4n) is 7.96. The number of allylic oxidation sites excluding steroid dienone is 2. The zero-order valence-electron chi connectivity index (χ0n) is 37.0. The van der Waals surface area contributed by atoms with Crippen molar-refractivity contribution in [2.24, 2.45) is 28.8 Å². The van der Waals surface area contributed by atoms with E-state index in [1.54, 1.807) is 39.8 Å². The second-order valence-corrected chi connectivity index (χ2v) is 16.5. The van der Waals surface area contributed by atoms with E-state index in [1.165, 1.54) is 53.2 Å². The molecule has 15 heteroatoms. The number of phenolic OH excluding ortho intramolecular Hbond substituents is 3. The van der Waals surface area contributed by atoms with E-state index in [0.29, 0.717) is 0 Å². The van der Waals surface area contributed by atoms with Gasteiger partial charge in [-0.1, -0.05) is 83.7 Å². The number of unbranched alkanes of at least 4 members (excludes halogenated alkanes) is 5. The molecule has 0 fully saturated rings. The molecule has 2 aromatic carbocycles.